The highest BCUT2D eigenvalue weighted by Gasteiger charge is 2.30. The third kappa shape index (κ3) is 2.12. The number of hydrogen-bond acceptors (Lipinski definition) is 5. The number of ketones is 2. The van der Waals surface area contributed by atoms with Gasteiger partial charge in [-0.2, -0.15) is 0 Å². The van der Waals surface area contributed by atoms with Gasteiger partial charge in [-0.25, -0.2) is 4.98 Å². The number of nitrogens with two attached hydrogens (primary N) is 1. The number of Topliss-reactive ketones (excluding diaryl/α,β-unsaturated/α-hetero) is 2. The van der Waals surface area contributed by atoms with E-state index in [1.165, 1.54) is 12.1 Å². The normalized spacial score (nSPS) is 31.0. The lowest BCUT2D eigenvalue weighted by Crippen LogP contribution is -2.36. The van der Waals surface area contributed by atoms with Crippen molar-refractivity contribution in [3.8, 4) is 0 Å². The second-order valence-corrected chi connectivity index (χ2v) is 4.68. The first kappa shape index (κ1) is 8.07. The van der Waals surface area contributed by atoms with E-state index in [0.717, 1.165) is 0 Å². The van der Waals surface area contributed by atoms with Gasteiger partial charge in [0.25, 0.3) is 5.56 Å². The topological polar surface area (TPSA) is 95.0 Å². The molecular formula is C15H15N3O3. The quantitative estimate of drug-likeness (QED) is 0.628. The molecule has 6 heteroatoms. The van der Waals surface area contributed by atoms with Gasteiger partial charge in [0, 0.05) is 18.9 Å². The maximum absolute atomic E-state index is 13.1. The number of fused-ring (bicyclic) bond motifs is 1. The van der Waals surface area contributed by atoms with E-state index >= 15 is 0 Å². The fourth-order valence-corrected chi connectivity index (χ4v) is 2.34. The molecule has 0 bridgehead atoms. The van der Waals surface area contributed by atoms with Crippen LogP contribution in [0, 0.1) is 6.85 Å². The number of anilines is 1. The third-order valence-electron chi connectivity index (χ3n) is 3.31. The number of rotatable bonds is 1. The van der Waals surface area contributed by atoms with E-state index in [4.69, 9.17) is 14.0 Å². The van der Waals surface area contributed by atoms with E-state index in [1.807, 2.05) is 0 Å². The molecule has 3 rings (SSSR count). The molecule has 0 saturated heterocycles. The minimum absolute atomic E-state index is 0.0563. The minimum atomic E-state index is -2.90. The monoisotopic (exact) mass is 291 g/mol. The first-order valence-electron chi connectivity index (χ1n) is 9.32. The zero-order chi connectivity index (χ0) is 20.3. The average Bonchev–Trinajstić information content (AvgIpc) is 2.56. The number of carbonyl (C=O) groups excluding carboxylic acids is 2. The lowest BCUT2D eigenvalue weighted by molar-refractivity contribution is -0.132. The Kier molecular flexibility index (Phi) is 1.84. The average molecular weight is 291 g/mol. The SMILES string of the molecule is [2H]c1ccc2nc(C([2H])([2H])[2H])n(C3C(=O)CC(=O)C([2H])C3[2H])c(=O)c2c1N. The van der Waals surface area contributed by atoms with Gasteiger partial charge in [-0.05, 0) is 25.4 Å². The molecule has 6 nitrogen and oxygen atoms in total. The highest BCUT2D eigenvalue weighted by molar-refractivity contribution is 6.03. The van der Waals surface area contributed by atoms with Crippen LogP contribution in [0.4, 0.5) is 5.69 Å². The van der Waals surface area contributed by atoms with Crippen LogP contribution >= 0.6 is 0 Å². The molecule has 1 aliphatic rings. The molecule has 3 atom stereocenters. The van der Waals surface area contributed by atoms with Gasteiger partial charge in [-0.3, -0.25) is 19.0 Å². The van der Waals surface area contributed by atoms with E-state index in [-0.39, 0.29) is 22.6 Å². The largest absolute Gasteiger partial charge is 0.398 e. The van der Waals surface area contributed by atoms with Crippen molar-refractivity contribution in [3.05, 3.63) is 34.4 Å². The van der Waals surface area contributed by atoms with Crippen molar-refractivity contribution in [3.63, 3.8) is 0 Å². The van der Waals surface area contributed by atoms with Gasteiger partial charge in [0.2, 0.25) is 0 Å². The predicted octanol–water partition coefficient (Wildman–Crippen LogP) is 1.15. The van der Waals surface area contributed by atoms with Gasteiger partial charge in [-0.1, -0.05) is 6.07 Å². The van der Waals surface area contributed by atoms with E-state index in [2.05, 4.69) is 4.98 Å². The number of hydrogen-bond donors (Lipinski definition) is 1. The van der Waals surface area contributed by atoms with E-state index < -0.39 is 55.1 Å². The van der Waals surface area contributed by atoms with Crippen molar-refractivity contribution < 1.29 is 17.8 Å². The fraction of sp³-hybridized carbons (Fsp3) is 0.333. The molecule has 3 unspecified atom stereocenters. The summed E-state index contributed by atoms with van der Waals surface area (Å²) < 4.78 is 47.2. The van der Waals surface area contributed by atoms with Gasteiger partial charge in [0.1, 0.15) is 11.6 Å². The molecule has 0 radical (unpaired) electrons. The minimum Gasteiger partial charge on any atom is -0.398 e. The first-order chi connectivity index (χ1) is 12.4. The summed E-state index contributed by atoms with van der Waals surface area (Å²) in [7, 11) is 0. The van der Waals surface area contributed by atoms with Crippen molar-refractivity contribution in [2.45, 2.75) is 32.1 Å². The molecule has 21 heavy (non-hydrogen) atoms. The van der Waals surface area contributed by atoms with Crippen LogP contribution in [0.3, 0.4) is 0 Å². The van der Waals surface area contributed by atoms with Crippen LogP contribution in [0.2, 0.25) is 0 Å². The standard InChI is InChI=1S/C15H15N3O3/c1-8-17-11-4-2-3-10(16)14(11)15(21)18(8)12-6-5-9(19)7-13(12)20/h2-4,12H,5-7,16H2,1H3/i1D3,3D,5D,6D. The predicted molar refractivity (Wildman–Crippen MR) is 78.1 cm³/mol. The maximum Gasteiger partial charge on any atom is 0.264 e. The van der Waals surface area contributed by atoms with Gasteiger partial charge >= 0.3 is 0 Å². The van der Waals surface area contributed by atoms with Gasteiger partial charge in [0.15, 0.2) is 5.78 Å². The van der Waals surface area contributed by atoms with Crippen LogP contribution in [-0.4, -0.2) is 21.1 Å². The molecule has 108 valence electrons. The Labute approximate surface area is 129 Å². The molecule has 1 fully saturated rings. The molecule has 1 aliphatic carbocycles. The number of nitrogens with zero attached hydrogens (tertiary/aromatic N) is 2. The Bertz CT molecular complexity index is 1030. The number of aromatic nitrogens is 2. The summed E-state index contributed by atoms with van der Waals surface area (Å²) in [5, 5.41) is -0.242. The van der Waals surface area contributed by atoms with Crippen molar-refractivity contribution in [2.24, 2.45) is 0 Å². The lowest BCUT2D eigenvalue weighted by Gasteiger charge is -2.24. The summed E-state index contributed by atoms with van der Waals surface area (Å²) in [6, 6.07) is 0.696. The van der Waals surface area contributed by atoms with Gasteiger partial charge in [-0.15, -0.1) is 0 Å². The Hall–Kier alpha value is -2.50. The smallest absolute Gasteiger partial charge is 0.264 e. The van der Waals surface area contributed by atoms with E-state index in [0.29, 0.717) is 4.57 Å². The van der Waals surface area contributed by atoms with Gasteiger partial charge < -0.3 is 5.73 Å². The van der Waals surface area contributed by atoms with Crippen molar-refractivity contribution in [2.75, 3.05) is 5.73 Å². The van der Waals surface area contributed by atoms with Crippen LogP contribution in [0.25, 0.3) is 10.9 Å². The molecule has 1 aromatic heterocycles. The zero-order valence-corrected chi connectivity index (χ0v) is 10.8. The summed E-state index contributed by atoms with van der Waals surface area (Å²) >= 11 is 0. The third-order valence-corrected chi connectivity index (χ3v) is 3.31. The second kappa shape index (κ2) is 4.80. The van der Waals surface area contributed by atoms with Crippen molar-refractivity contribution in [1.82, 2.24) is 9.55 Å². The van der Waals surface area contributed by atoms with Crippen LogP contribution < -0.4 is 11.3 Å². The Morgan fingerprint density at radius 2 is 2.33 bits per heavy atom. The molecule has 1 heterocycles. The maximum atomic E-state index is 13.1. The molecule has 1 saturated carbocycles. The number of benzene rings is 1. The van der Waals surface area contributed by atoms with E-state index in [9.17, 15) is 14.4 Å². The molecule has 0 aliphatic heterocycles. The summed E-state index contributed by atoms with van der Waals surface area (Å²) in [6.45, 7) is -2.90. The van der Waals surface area contributed by atoms with Crippen molar-refractivity contribution >= 4 is 28.2 Å². The van der Waals surface area contributed by atoms with Crippen LogP contribution in [-0.2, 0) is 9.59 Å². The second-order valence-electron chi connectivity index (χ2n) is 4.68. The Balaban J connectivity index is 2.42. The fourth-order valence-electron chi connectivity index (χ4n) is 2.34. The summed E-state index contributed by atoms with van der Waals surface area (Å²) in [5.74, 6) is -2.33. The molecular weight excluding hydrogens is 270 g/mol. The first-order valence-corrected chi connectivity index (χ1v) is 6.17. The summed E-state index contributed by atoms with van der Waals surface area (Å²) in [4.78, 5) is 41.1. The van der Waals surface area contributed by atoms with Crippen LogP contribution in [0.15, 0.2) is 23.0 Å². The summed E-state index contributed by atoms with van der Waals surface area (Å²) in [6.07, 6.45) is -3.94. The van der Waals surface area contributed by atoms with E-state index in [1.54, 1.807) is 0 Å². The Morgan fingerprint density at radius 3 is 3.10 bits per heavy atom. The molecule has 2 aromatic rings. The molecule has 1 aromatic carbocycles. The Morgan fingerprint density at radius 1 is 1.52 bits per heavy atom. The highest BCUT2D eigenvalue weighted by atomic mass is 16.2. The number of nitrogen functional groups attached to an aromatic ring is 1. The zero-order valence-electron chi connectivity index (χ0n) is 16.8. The van der Waals surface area contributed by atoms with Crippen molar-refractivity contribution in [1.29, 1.82) is 0 Å². The van der Waals surface area contributed by atoms with Gasteiger partial charge in [0.05, 0.1) is 24.7 Å². The number of carbonyl (C=O) groups is 2. The van der Waals surface area contributed by atoms with Crippen LogP contribution in [0.5, 0.6) is 0 Å². The lowest BCUT2D eigenvalue weighted by atomic mass is 9.92. The molecule has 0 amide bonds. The summed E-state index contributed by atoms with van der Waals surface area (Å²) in [5.41, 5.74) is 4.51. The highest BCUT2D eigenvalue weighted by Crippen LogP contribution is 2.24. The number of aryl methyl sites for hydroxylation is 1. The molecule has 2 N–H and O–H groups in total. The molecule has 0 spiro atoms. The van der Waals surface area contributed by atoms with Crippen LogP contribution in [0.1, 0.15) is 39.3 Å².